The fourth-order valence-electron chi connectivity index (χ4n) is 3.58. The standard InChI is InChI=1S/C22H24ClFN2O2/c1-2-3-12-25-21(27)20-14-26(22(28)16-4-8-17(23)9-5-16)13-19(20)15-6-10-18(24)11-7-15/h4-11,19-20H,2-3,12-14H2,1H3,(H,25,27)/t19-,20-/m0/s1. The van der Waals surface area contributed by atoms with E-state index in [4.69, 9.17) is 11.6 Å². The molecule has 0 aliphatic carbocycles. The van der Waals surface area contributed by atoms with Crippen LogP contribution in [0.15, 0.2) is 48.5 Å². The van der Waals surface area contributed by atoms with Crippen LogP contribution >= 0.6 is 11.6 Å². The molecule has 1 aliphatic rings. The summed E-state index contributed by atoms with van der Waals surface area (Å²) in [5, 5.41) is 3.54. The molecule has 1 saturated heterocycles. The number of hydrogen-bond donors (Lipinski definition) is 1. The van der Waals surface area contributed by atoms with Gasteiger partial charge in [-0.2, -0.15) is 0 Å². The zero-order valence-electron chi connectivity index (χ0n) is 15.8. The summed E-state index contributed by atoms with van der Waals surface area (Å²) in [6.45, 7) is 3.43. The molecular formula is C22H24ClFN2O2. The first kappa shape index (κ1) is 20.3. The van der Waals surface area contributed by atoms with Gasteiger partial charge in [0.15, 0.2) is 0 Å². The average Bonchev–Trinajstić information content (AvgIpc) is 3.14. The highest BCUT2D eigenvalue weighted by atomic mass is 35.5. The maximum absolute atomic E-state index is 13.3. The maximum Gasteiger partial charge on any atom is 0.253 e. The number of likely N-dealkylation sites (tertiary alicyclic amines) is 1. The van der Waals surface area contributed by atoms with Crippen LogP contribution in [-0.2, 0) is 4.79 Å². The molecule has 148 valence electrons. The lowest BCUT2D eigenvalue weighted by atomic mass is 9.88. The Labute approximate surface area is 169 Å². The van der Waals surface area contributed by atoms with E-state index in [0.29, 0.717) is 30.2 Å². The molecule has 4 nitrogen and oxygen atoms in total. The minimum atomic E-state index is -0.362. The van der Waals surface area contributed by atoms with E-state index in [1.807, 2.05) is 0 Å². The summed E-state index contributed by atoms with van der Waals surface area (Å²) in [5.74, 6) is -1.04. The molecule has 0 saturated carbocycles. The Balaban J connectivity index is 1.81. The third kappa shape index (κ3) is 4.71. The van der Waals surface area contributed by atoms with Gasteiger partial charge in [0.05, 0.1) is 5.92 Å². The quantitative estimate of drug-likeness (QED) is 0.734. The Hall–Kier alpha value is -2.40. The molecule has 1 aliphatic heterocycles. The van der Waals surface area contributed by atoms with Gasteiger partial charge in [0.1, 0.15) is 5.82 Å². The van der Waals surface area contributed by atoms with Gasteiger partial charge in [-0.25, -0.2) is 4.39 Å². The monoisotopic (exact) mass is 402 g/mol. The van der Waals surface area contributed by atoms with Crippen molar-refractivity contribution in [3.63, 3.8) is 0 Å². The highest BCUT2D eigenvalue weighted by Gasteiger charge is 2.40. The second-order valence-electron chi connectivity index (χ2n) is 7.13. The second-order valence-corrected chi connectivity index (χ2v) is 7.56. The van der Waals surface area contributed by atoms with Crippen LogP contribution < -0.4 is 5.32 Å². The molecule has 0 unspecified atom stereocenters. The zero-order chi connectivity index (χ0) is 20.1. The number of amides is 2. The van der Waals surface area contributed by atoms with Crippen molar-refractivity contribution in [3.05, 3.63) is 70.5 Å². The van der Waals surface area contributed by atoms with Crippen LogP contribution in [0.4, 0.5) is 4.39 Å². The van der Waals surface area contributed by atoms with Crippen molar-refractivity contribution in [2.45, 2.75) is 25.7 Å². The van der Waals surface area contributed by atoms with Gasteiger partial charge < -0.3 is 10.2 Å². The van der Waals surface area contributed by atoms with Crippen LogP contribution in [0.1, 0.15) is 41.6 Å². The van der Waals surface area contributed by atoms with E-state index >= 15 is 0 Å². The van der Waals surface area contributed by atoms with Gasteiger partial charge in [0.2, 0.25) is 5.91 Å². The van der Waals surface area contributed by atoms with Crippen LogP contribution in [0.5, 0.6) is 0 Å². The van der Waals surface area contributed by atoms with Crippen LogP contribution in [-0.4, -0.2) is 36.3 Å². The molecule has 1 fully saturated rings. The van der Waals surface area contributed by atoms with Crippen LogP contribution in [0, 0.1) is 11.7 Å². The smallest absolute Gasteiger partial charge is 0.253 e. The lowest BCUT2D eigenvalue weighted by Crippen LogP contribution is -2.36. The summed E-state index contributed by atoms with van der Waals surface area (Å²) >= 11 is 5.91. The number of carbonyl (C=O) groups excluding carboxylic acids is 2. The van der Waals surface area contributed by atoms with Gasteiger partial charge in [-0.1, -0.05) is 37.1 Å². The van der Waals surface area contributed by atoms with Crippen molar-refractivity contribution in [1.29, 1.82) is 0 Å². The molecule has 1 N–H and O–H groups in total. The van der Waals surface area contributed by atoms with Crippen molar-refractivity contribution >= 4 is 23.4 Å². The Morgan fingerprint density at radius 1 is 1.11 bits per heavy atom. The van der Waals surface area contributed by atoms with Crippen LogP contribution in [0.2, 0.25) is 5.02 Å². The minimum absolute atomic E-state index is 0.0609. The van der Waals surface area contributed by atoms with Crippen molar-refractivity contribution < 1.29 is 14.0 Å². The maximum atomic E-state index is 13.3. The van der Waals surface area contributed by atoms with Gasteiger partial charge in [-0.15, -0.1) is 0 Å². The number of hydrogen-bond acceptors (Lipinski definition) is 2. The molecule has 2 aromatic carbocycles. The molecule has 6 heteroatoms. The fourth-order valence-corrected chi connectivity index (χ4v) is 3.70. The van der Waals surface area contributed by atoms with Crippen molar-refractivity contribution in [1.82, 2.24) is 10.2 Å². The fraction of sp³-hybridized carbons (Fsp3) is 0.364. The molecule has 2 atom stereocenters. The Bertz CT molecular complexity index is 823. The largest absolute Gasteiger partial charge is 0.356 e. The second kappa shape index (κ2) is 9.20. The van der Waals surface area contributed by atoms with Gasteiger partial charge in [-0.3, -0.25) is 9.59 Å². The third-order valence-electron chi connectivity index (χ3n) is 5.16. The van der Waals surface area contributed by atoms with Gasteiger partial charge in [0.25, 0.3) is 5.91 Å². The van der Waals surface area contributed by atoms with E-state index in [-0.39, 0.29) is 29.5 Å². The van der Waals surface area contributed by atoms with Crippen molar-refractivity contribution in [2.75, 3.05) is 19.6 Å². The summed E-state index contributed by atoms with van der Waals surface area (Å²) < 4.78 is 13.3. The predicted molar refractivity (Wildman–Crippen MR) is 108 cm³/mol. The number of benzene rings is 2. The molecule has 3 rings (SSSR count). The molecule has 0 bridgehead atoms. The average molecular weight is 403 g/mol. The van der Waals surface area contributed by atoms with Gasteiger partial charge >= 0.3 is 0 Å². The van der Waals surface area contributed by atoms with E-state index in [1.54, 1.807) is 41.3 Å². The van der Waals surface area contributed by atoms with Gasteiger partial charge in [-0.05, 0) is 48.4 Å². The predicted octanol–water partition coefficient (Wildman–Crippen LogP) is 4.25. The van der Waals surface area contributed by atoms with E-state index in [1.165, 1.54) is 12.1 Å². The normalized spacial score (nSPS) is 18.9. The molecule has 0 spiro atoms. The Morgan fingerprint density at radius 2 is 1.79 bits per heavy atom. The molecule has 2 amide bonds. The minimum Gasteiger partial charge on any atom is -0.356 e. The molecular weight excluding hydrogens is 379 g/mol. The summed E-state index contributed by atoms with van der Waals surface area (Å²) in [4.78, 5) is 27.4. The van der Waals surface area contributed by atoms with Crippen LogP contribution in [0.3, 0.4) is 0 Å². The molecule has 0 aromatic heterocycles. The number of nitrogens with one attached hydrogen (secondary N) is 1. The summed E-state index contributed by atoms with van der Waals surface area (Å²) in [6, 6.07) is 12.9. The molecule has 1 heterocycles. The SMILES string of the molecule is CCCCNC(=O)[C@H]1CN(C(=O)c2ccc(Cl)cc2)C[C@H]1c1ccc(F)cc1. The van der Waals surface area contributed by atoms with Gasteiger partial charge in [0, 0.05) is 36.1 Å². The Kier molecular flexibility index (Phi) is 6.68. The Morgan fingerprint density at radius 3 is 2.43 bits per heavy atom. The van der Waals surface area contributed by atoms with E-state index in [2.05, 4.69) is 12.2 Å². The number of unbranched alkanes of at least 4 members (excludes halogenated alkanes) is 1. The first-order chi connectivity index (χ1) is 13.5. The molecule has 28 heavy (non-hydrogen) atoms. The van der Waals surface area contributed by atoms with E-state index < -0.39 is 0 Å². The lowest BCUT2D eigenvalue weighted by molar-refractivity contribution is -0.124. The lowest BCUT2D eigenvalue weighted by Gasteiger charge is -2.18. The number of carbonyl (C=O) groups is 2. The van der Waals surface area contributed by atoms with E-state index in [9.17, 15) is 14.0 Å². The molecule has 2 aromatic rings. The molecule has 0 radical (unpaired) electrons. The number of halogens is 2. The highest BCUT2D eigenvalue weighted by molar-refractivity contribution is 6.30. The summed E-state index contributed by atoms with van der Waals surface area (Å²) in [6.07, 6.45) is 1.90. The topological polar surface area (TPSA) is 49.4 Å². The van der Waals surface area contributed by atoms with Crippen LogP contribution in [0.25, 0.3) is 0 Å². The first-order valence-electron chi connectivity index (χ1n) is 9.57. The van der Waals surface area contributed by atoms with Crippen molar-refractivity contribution in [2.24, 2.45) is 5.92 Å². The van der Waals surface area contributed by atoms with E-state index in [0.717, 1.165) is 18.4 Å². The summed E-state index contributed by atoms with van der Waals surface area (Å²) in [7, 11) is 0. The number of nitrogens with zero attached hydrogens (tertiary/aromatic N) is 1. The first-order valence-corrected chi connectivity index (χ1v) is 9.95. The van der Waals surface area contributed by atoms with Crippen molar-refractivity contribution in [3.8, 4) is 0 Å². The zero-order valence-corrected chi connectivity index (χ0v) is 16.6. The summed E-state index contributed by atoms with van der Waals surface area (Å²) in [5.41, 5.74) is 1.40. The third-order valence-corrected chi connectivity index (χ3v) is 5.41. The highest BCUT2D eigenvalue weighted by Crippen LogP contribution is 2.34. The number of rotatable bonds is 6.